The largest absolute Gasteiger partial charge is 0.508 e. The third-order valence-electron chi connectivity index (χ3n) is 4.32. The van der Waals surface area contributed by atoms with Crippen molar-refractivity contribution < 1.29 is 9.90 Å². The van der Waals surface area contributed by atoms with Gasteiger partial charge in [-0.05, 0) is 36.2 Å². The Morgan fingerprint density at radius 2 is 1.57 bits per heavy atom. The van der Waals surface area contributed by atoms with Crippen LogP contribution in [0.4, 0.5) is 5.69 Å². The van der Waals surface area contributed by atoms with Crippen LogP contribution in [0.3, 0.4) is 0 Å². The van der Waals surface area contributed by atoms with Crippen LogP contribution in [-0.2, 0) is 11.2 Å². The zero-order valence-corrected chi connectivity index (χ0v) is 13.2. The molecule has 1 aliphatic rings. The maximum absolute atomic E-state index is 12.3. The molecule has 120 valence electrons. The molecule has 23 heavy (non-hydrogen) atoms. The first-order valence-corrected chi connectivity index (χ1v) is 8.08. The molecule has 1 aliphatic heterocycles. The Hall–Kier alpha value is -2.49. The molecule has 1 saturated heterocycles. The Morgan fingerprint density at radius 3 is 2.22 bits per heavy atom. The van der Waals surface area contributed by atoms with E-state index in [9.17, 15) is 9.90 Å². The molecule has 0 bridgehead atoms. The highest BCUT2D eigenvalue weighted by Crippen LogP contribution is 2.20. The van der Waals surface area contributed by atoms with Gasteiger partial charge in [0.2, 0.25) is 5.91 Å². The van der Waals surface area contributed by atoms with Crippen molar-refractivity contribution >= 4 is 11.6 Å². The van der Waals surface area contributed by atoms with E-state index in [4.69, 9.17) is 0 Å². The third-order valence-corrected chi connectivity index (χ3v) is 4.32. The lowest BCUT2D eigenvalue weighted by molar-refractivity contribution is -0.131. The zero-order chi connectivity index (χ0) is 16.1. The summed E-state index contributed by atoms with van der Waals surface area (Å²) in [6.07, 6.45) is 1.38. The minimum Gasteiger partial charge on any atom is -0.508 e. The van der Waals surface area contributed by atoms with Gasteiger partial charge in [-0.3, -0.25) is 4.79 Å². The Labute approximate surface area is 137 Å². The van der Waals surface area contributed by atoms with Gasteiger partial charge in [-0.15, -0.1) is 0 Å². The van der Waals surface area contributed by atoms with Crippen molar-refractivity contribution in [2.75, 3.05) is 31.1 Å². The van der Waals surface area contributed by atoms with E-state index in [0.717, 1.165) is 38.3 Å². The third kappa shape index (κ3) is 4.03. The number of piperazine rings is 1. The van der Waals surface area contributed by atoms with E-state index in [0.29, 0.717) is 6.42 Å². The smallest absolute Gasteiger partial charge is 0.223 e. The Morgan fingerprint density at radius 1 is 0.913 bits per heavy atom. The van der Waals surface area contributed by atoms with E-state index in [-0.39, 0.29) is 11.7 Å². The van der Waals surface area contributed by atoms with Crippen LogP contribution in [-0.4, -0.2) is 42.1 Å². The standard InChI is InChI=1S/C19H22N2O2/c22-18-9-7-17(8-10-18)20-12-14-21(15-13-20)19(23)11-6-16-4-2-1-3-5-16/h1-5,7-10,22H,6,11-15H2. The molecule has 4 heteroatoms. The Balaban J connectivity index is 1.48. The summed E-state index contributed by atoms with van der Waals surface area (Å²) in [7, 11) is 0. The molecule has 0 aliphatic carbocycles. The molecule has 0 spiro atoms. The normalized spacial score (nSPS) is 14.8. The fraction of sp³-hybridized carbons (Fsp3) is 0.316. The highest BCUT2D eigenvalue weighted by Gasteiger charge is 2.20. The Kier molecular flexibility index (Phi) is 4.81. The van der Waals surface area contributed by atoms with Crippen molar-refractivity contribution in [3.8, 4) is 5.75 Å². The van der Waals surface area contributed by atoms with Crippen molar-refractivity contribution in [2.24, 2.45) is 0 Å². The van der Waals surface area contributed by atoms with Crippen LogP contribution in [0.2, 0.25) is 0 Å². The first-order chi connectivity index (χ1) is 11.2. The molecule has 0 saturated carbocycles. The van der Waals surface area contributed by atoms with Crippen molar-refractivity contribution in [1.29, 1.82) is 0 Å². The maximum atomic E-state index is 12.3. The quantitative estimate of drug-likeness (QED) is 0.944. The zero-order valence-electron chi connectivity index (χ0n) is 13.2. The minimum atomic E-state index is 0.235. The number of aromatic hydroxyl groups is 1. The molecular formula is C19H22N2O2. The summed E-state index contributed by atoms with van der Waals surface area (Å²) >= 11 is 0. The molecule has 0 atom stereocenters. The molecule has 1 amide bonds. The molecule has 3 rings (SSSR count). The second kappa shape index (κ2) is 7.18. The fourth-order valence-corrected chi connectivity index (χ4v) is 2.93. The molecule has 1 heterocycles. The molecule has 0 aromatic heterocycles. The molecule has 1 fully saturated rings. The monoisotopic (exact) mass is 310 g/mol. The van der Waals surface area contributed by atoms with E-state index < -0.39 is 0 Å². The summed E-state index contributed by atoms with van der Waals surface area (Å²) in [6, 6.07) is 17.4. The lowest BCUT2D eigenvalue weighted by atomic mass is 10.1. The number of hydrogen-bond donors (Lipinski definition) is 1. The van der Waals surface area contributed by atoms with Crippen LogP contribution in [0, 0.1) is 0 Å². The number of rotatable bonds is 4. The number of aryl methyl sites for hydroxylation is 1. The van der Waals surface area contributed by atoms with Crippen LogP contribution in [0.15, 0.2) is 54.6 Å². The van der Waals surface area contributed by atoms with Crippen LogP contribution in [0.5, 0.6) is 5.75 Å². The molecule has 0 radical (unpaired) electrons. The van der Waals surface area contributed by atoms with Crippen molar-refractivity contribution in [2.45, 2.75) is 12.8 Å². The summed E-state index contributed by atoms with van der Waals surface area (Å²) in [6.45, 7) is 3.19. The number of phenolic OH excluding ortho intramolecular Hbond substituents is 1. The highest BCUT2D eigenvalue weighted by atomic mass is 16.3. The molecular weight excluding hydrogens is 288 g/mol. The summed E-state index contributed by atoms with van der Waals surface area (Å²) in [4.78, 5) is 16.5. The van der Waals surface area contributed by atoms with Crippen LogP contribution < -0.4 is 4.90 Å². The summed E-state index contributed by atoms with van der Waals surface area (Å²) in [5, 5.41) is 9.35. The first kappa shape index (κ1) is 15.4. The van der Waals surface area contributed by atoms with Gasteiger partial charge in [-0.1, -0.05) is 30.3 Å². The van der Waals surface area contributed by atoms with Crippen molar-refractivity contribution in [3.05, 3.63) is 60.2 Å². The number of nitrogens with zero attached hydrogens (tertiary/aromatic N) is 2. The van der Waals surface area contributed by atoms with Gasteiger partial charge in [-0.25, -0.2) is 0 Å². The SMILES string of the molecule is O=C(CCc1ccccc1)N1CCN(c2ccc(O)cc2)CC1. The average Bonchev–Trinajstić information content (AvgIpc) is 2.61. The van der Waals surface area contributed by atoms with E-state index in [1.54, 1.807) is 12.1 Å². The first-order valence-electron chi connectivity index (χ1n) is 8.08. The fourth-order valence-electron chi connectivity index (χ4n) is 2.93. The van der Waals surface area contributed by atoms with Crippen molar-refractivity contribution in [3.63, 3.8) is 0 Å². The van der Waals surface area contributed by atoms with Crippen LogP contribution in [0.25, 0.3) is 0 Å². The predicted octanol–water partition coefficient (Wildman–Crippen LogP) is 2.67. The second-order valence-electron chi connectivity index (χ2n) is 5.87. The number of carbonyl (C=O) groups excluding carboxylic acids is 1. The van der Waals surface area contributed by atoms with Crippen molar-refractivity contribution in [1.82, 2.24) is 4.90 Å². The molecule has 2 aromatic rings. The van der Waals surface area contributed by atoms with Gasteiger partial charge in [0.25, 0.3) is 0 Å². The van der Waals surface area contributed by atoms with Gasteiger partial charge in [0.05, 0.1) is 0 Å². The molecule has 1 N–H and O–H groups in total. The summed E-state index contributed by atoms with van der Waals surface area (Å²) in [5.74, 6) is 0.516. The number of anilines is 1. The van der Waals surface area contributed by atoms with E-state index in [2.05, 4.69) is 17.0 Å². The number of carbonyl (C=O) groups is 1. The minimum absolute atomic E-state index is 0.235. The summed E-state index contributed by atoms with van der Waals surface area (Å²) in [5.41, 5.74) is 2.31. The number of phenols is 1. The average molecular weight is 310 g/mol. The molecule has 2 aromatic carbocycles. The van der Waals surface area contributed by atoms with Gasteiger partial charge >= 0.3 is 0 Å². The van der Waals surface area contributed by atoms with Gasteiger partial charge in [0.1, 0.15) is 5.75 Å². The maximum Gasteiger partial charge on any atom is 0.223 e. The lowest BCUT2D eigenvalue weighted by Crippen LogP contribution is -2.48. The van der Waals surface area contributed by atoms with Gasteiger partial charge in [0, 0.05) is 38.3 Å². The van der Waals surface area contributed by atoms with Gasteiger partial charge in [0.15, 0.2) is 0 Å². The Bertz CT molecular complexity index is 632. The molecule has 4 nitrogen and oxygen atoms in total. The van der Waals surface area contributed by atoms with E-state index >= 15 is 0 Å². The predicted molar refractivity (Wildman–Crippen MR) is 91.7 cm³/mol. The summed E-state index contributed by atoms with van der Waals surface area (Å²) < 4.78 is 0. The van der Waals surface area contributed by atoms with Crippen LogP contribution in [0.1, 0.15) is 12.0 Å². The lowest BCUT2D eigenvalue weighted by Gasteiger charge is -2.36. The highest BCUT2D eigenvalue weighted by molar-refractivity contribution is 5.76. The number of benzene rings is 2. The molecule has 0 unspecified atom stereocenters. The van der Waals surface area contributed by atoms with Crippen LogP contribution >= 0.6 is 0 Å². The van der Waals surface area contributed by atoms with Gasteiger partial charge in [-0.2, -0.15) is 0 Å². The van der Waals surface area contributed by atoms with E-state index in [1.165, 1.54) is 5.56 Å². The van der Waals surface area contributed by atoms with Gasteiger partial charge < -0.3 is 14.9 Å². The number of hydrogen-bond acceptors (Lipinski definition) is 3. The second-order valence-corrected chi connectivity index (χ2v) is 5.87. The topological polar surface area (TPSA) is 43.8 Å². The van der Waals surface area contributed by atoms with E-state index in [1.807, 2.05) is 35.2 Å². The number of amides is 1.